The standard InChI is InChI=1S/C10H13NO/c1-2-8-12-11-9-10-6-4-3-5-7-10/h3-7,9H,2,8H2,1H3/q+1. The molecule has 2 heteroatoms. The third-order valence-corrected chi connectivity index (χ3v) is 1.37. The second-order valence-corrected chi connectivity index (χ2v) is 2.48. The van der Waals surface area contributed by atoms with E-state index in [-0.39, 0.29) is 0 Å². The van der Waals surface area contributed by atoms with Crippen LogP contribution in [-0.2, 0) is 4.84 Å². The summed E-state index contributed by atoms with van der Waals surface area (Å²) in [7, 11) is 0. The highest BCUT2D eigenvalue weighted by atomic mass is 16.6. The van der Waals surface area contributed by atoms with Crippen molar-refractivity contribution >= 4 is 6.21 Å². The second-order valence-electron chi connectivity index (χ2n) is 2.48. The van der Waals surface area contributed by atoms with Gasteiger partial charge in [-0.2, -0.15) is 0 Å². The van der Waals surface area contributed by atoms with Crippen LogP contribution in [0, 0.1) is 0 Å². The predicted molar refractivity (Wildman–Crippen MR) is 50.0 cm³/mol. The summed E-state index contributed by atoms with van der Waals surface area (Å²) in [6.45, 7) is 2.74. The summed E-state index contributed by atoms with van der Waals surface area (Å²) in [5.74, 6) is 0. The van der Waals surface area contributed by atoms with Crippen molar-refractivity contribution in [2.24, 2.45) is 0 Å². The Kier molecular flexibility index (Phi) is 3.92. The van der Waals surface area contributed by atoms with E-state index >= 15 is 0 Å². The van der Waals surface area contributed by atoms with E-state index in [1.165, 1.54) is 0 Å². The molecular weight excluding hydrogens is 150 g/mol. The van der Waals surface area contributed by atoms with Crippen LogP contribution in [-0.4, -0.2) is 12.8 Å². The topological polar surface area (TPSA) is 23.3 Å². The molecule has 63 valence electrons. The molecule has 0 N–H and O–H groups in total. The van der Waals surface area contributed by atoms with Gasteiger partial charge in [-0.25, -0.2) is 4.84 Å². The van der Waals surface area contributed by atoms with Crippen molar-refractivity contribution in [1.82, 2.24) is 5.16 Å². The summed E-state index contributed by atoms with van der Waals surface area (Å²) >= 11 is 0. The Hall–Kier alpha value is -1.31. The van der Waals surface area contributed by atoms with Gasteiger partial charge < -0.3 is 0 Å². The molecular formula is C10H13NO+. The average molecular weight is 163 g/mol. The first-order valence-corrected chi connectivity index (χ1v) is 4.14. The smallest absolute Gasteiger partial charge is 0.213 e. The van der Waals surface area contributed by atoms with Gasteiger partial charge in [0, 0.05) is 0 Å². The molecule has 0 fully saturated rings. The van der Waals surface area contributed by atoms with E-state index in [1.807, 2.05) is 30.3 Å². The first kappa shape index (κ1) is 8.78. The van der Waals surface area contributed by atoms with E-state index in [2.05, 4.69) is 12.1 Å². The molecule has 1 rings (SSSR count). The lowest BCUT2D eigenvalue weighted by Gasteiger charge is -1.82. The molecule has 1 radical (unpaired) electrons. The van der Waals surface area contributed by atoms with E-state index in [0.717, 1.165) is 12.0 Å². The molecule has 1 aromatic rings. The van der Waals surface area contributed by atoms with Crippen LogP contribution in [0.2, 0.25) is 0 Å². The van der Waals surface area contributed by atoms with Gasteiger partial charge in [-0.1, -0.05) is 25.1 Å². The van der Waals surface area contributed by atoms with Gasteiger partial charge in [0.2, 0.25) is 0 Å². The first-order chi connectivity index (χ1) is 5.93. The summed E-state index contributed by atoms with van der Waals surface area (Å²) in [6.07, 6.45) is 2.71. The van der Waals surface area contributed by atoms with Gasteiger partial charge in [-0.05, 0) is 18.6 Å². The monoisotopic (exact) mass is 163 g/mol. The Morgan fingerprint density at radius 2 is 2.08 bits per heavy atom. The third kappa shape index (κ3) is 3.19. The second kappa shape index (κ2) is 5.35. The van der Waals surface area contributed by atoms with E-state index in [1.54, 1.807) is 6.21 Å². The molecule has 2 nitrogen and oxygen atoms in total. The summed E-state index contributed by atoms with van der Waals surface area (Å²) in [5, 5.41) is 3.81. The number of nitrogens with zero attached hydrogens (tertiary/aromatic N) is 1. The van der Waals surface area contributed by atoms with Crippen molar-refractivity contribution < 1.29 is 4.84 Å². The van der Waals surface area contributed by atoms with Crippen LogP contribution in [0.4, 0.5) is 0 Å². The lowest BCUT2D eigenvalue weighted by atomic mass is 10.2. The molecule has 0 aliphatic heterocycles. The summed E-state index contributed by atoms with van der Waals surface area (Å²) in [4.78, 5) is 4.96. The zero-order valence-electron chi connectivity index (χ0n) is 7.23. The van der Waals surface area contributed by atoms with Gasteiger partial charge >= 0.3 is 6.21 Å². The van der Waals surface area contributed by atoms with Crippen molar-refractivity contribution in [2.75, 3.05) is 6.61 Å². The maximum Gasteiger partial charge on any atom is 0.309 e. The Morgan fingerprint density at radius 1 is 1.33 bits per heavy atom. The van der Waals surface area contributed by atoms with E-state index in [4.69, 9.17) is 4.84 Å². The SMILES string of the molecule is CCCO/[N+]=C/c1ccccc1. The minimum absolute atomic E-state index is 0.684. The van der Waals surface area contributed by atoms with Crippen LogP contribution in [0.3, 0.4) is 0 Å². The minimum Gasteiger partial charge on any atom is -0.213 e. The van der Waals surface area contributed by atoms with Crippen LogP contribution in [0.25, 0.3) is 0 Å². The van der Waals surface area contributed by atoms with Crippen molar-refractivity contribution in [2.45, 2.75) is 13.3 Å². The average Bonchev–Trinajstić information content (AvgIpc) is 2.14. The predicted octanol–water partition coefficient (Wildman–Crippen LogP) is 1.78. The zero-order chi connectivity index (χ0) is 8.65. The molecule has 0 amide bonds. The maximum absolute atomic E-state index is 4.96. The molecule has 12 heavy (non-hydrogen) atoms. The summed E-state index contributed by atoms with van der Waals surface area (Å²) < 4.78 is 0. The number of oxime groups is 1. The highest BCUT2D eigenvalue weighted by molar-refractivity contribution is 5.77. The Balaban J connectivity index is 2.36. The quantitative estimate of drug-likeness (QED) is 0.377. The molecule has 0 unspecified atom stereocenters. The Morgan fingerprint density at radius 3 is 2.75 bits per heavy atom. The van der Waals surface area contributed by atoms with Crippen LogP contribution in [0.1, 0.15) is 18.9 Å². The molecule has 0 spiro atoms. The highest BCUT2D eigenvalue weighted by Crippen LogP contribution is 1.92. The van der Waals surface area contributed by atoms with Gasteiger partial charge in [0.25, 0.3) is 5.16 Å². The molecule has 0 aliphatic rings. The fourth-order valence-corrected chi connectivity index (χ4v) is 0.781. The van der Waals surface area contributed by atoms with Gasteiger partial charge in [0.15, 0.2) is 6.61 Å². The van der Waals surface area contributed by atoms with Gasteiger partial charge in [-0.15, -0.1) is 0 Å². The van der Waals surface area contributed by atoms with Gasteiger partial charge in [0.05, 0.1) is 5.56 Å². The Labute approximate surface area is 72.9 Å². The van der Waals surface area contributed by atoms with Crippen LogP contribution >= 0.6 is 0 Å². The van der Waals surface area contributed by atoms with Crippen LogP contribution in [0.15, 0.2) is 30.3 Å². The van der Waals surface area contributed by atoms with Crippen LogP contribution in [0.5, 0.6) is 0 Å². The zero-order valence-corrected chi connectivity index (χ0v) is 7.23. The number of hydrogen-bond acceptors (Lipinski definition) is 2. The van der Waals surface area contributed by atoms with Crippen molar-refractivity contribution in [3.8, 4) is 0 Å². The molecule has 0 bridgehead atoms. The lowest BCUT2D eigenvalue weighted by molar-refractivity contribution is 0.101. The Bertz CT molecular complexity index is 231. The third-order valence-electron chi connectivity index (χ3n) is 1.37. The first-order valence-electron chi connectivity index (χ1n) is 4.14. The number of benzene rings is 1. The van der Waals surface area contributed by atoms with E-state index in [9.17, 15) is 0 Å². The van der Waals surface area contributed by atoms with Gasteiger partial charge in [0.1, 0.15) is 0 Å². The highest BCUT2D eigenvalue weighted by Gasteiger charge is 1.94. The van der Waals surface area contributed by atoms with E-state index in [0.29, 0.717) is 6.61 Å². The van der Waals surface area contributed by atoms with Gasteiger partial charge in [-0.3, -0.25) is 0 Å². The maximum atomic E-state index is 4.96. The van der Waals surface area contributed by atoms with Crippen molar-refractivity contribution in [1.29, 1.82) is 0 Å². The number of rotatable bonds is 4. The van der Waals surface area contributed by atoms with E-state index < -0.39 is 0 Å². The summed E-state index contributed by atoms with van der Waals surface area (Å²) in [6, 6.07) is 9.89. The molecule has 0 saturated carbocycles. The molecule has 0 aromatic heterocycles. The lowest BCUT2D eigenvalue weighted by Crippen LogP contribution is -1.97. The van der Waals surface area contributed by atoms with Crippen LogP contribution < -0.4 is 5.16 Å². The molecule has 1 aromatic carbocycles. The minimum atomic E-state index is 0.684. The molecule has 0 heterocycles. The van der Waals surface area contributed by atoms with Crippen molar-refractivity contribution in [3.63, 3.8) is 0 Å². The largest absolute Gasteiger partial charge is 0.309 e. The molecule has 0 atom stereocenters. The number of hydrogen-bond donors (Lipinski definition) is 0. The summed E-state index contributed by atoms with van der Waals surface area (Å²) in [5.41, 5.74) is 1.06. The van der Waals surface area contributed by atoms with Crippen molar-refractivity contribution in [3.05, 3.63) is 35.9 Å². The normalized spacial score (nSPS) is 10.4. The molecule has 0 aliphatic carbocycles. The fourth-order valence-electron chi connectivity index (χ4n) is 0.781. The fraction of sp³-hybridized carbons (Fsp3) is 0.300. The molecule has 0 saturated heterocycles.